The molecule has 0 aliphatic heterocycles. The molecule has 0 atom stereocenters. The molecule has 154 valence electrons. The van der Waals surface area contributed by atoms with Crippen molar-refractivity contribution in [3.8, 4) is 5.69 Å². The number of hydrogen-bond acceptors (Lipinski definition) is 3. The summed E-state index contributed by atoms with van der Waals surface area (Å²) in [5.74, 6) is -0.573. The average Bonchev–Trinajstić information content (AvgIpc) is 3.18. The first-order valence-corrected chi connectivity index (χ1v) is 9.98. The van der Waals surface area contributed by atoms with Crippen molar-refractivity contribution in [1.29, 1.82) is 0 Å². The Balaban J connectivity index is 1.72. The van der Waals surface area contributed by atoms with Gasteiger partial charge >= 0.3 is 0 Å². The molecule has 4 aromatic rings. The molecule has 0 bridgehead atoms. The lowest BCUT2D eigenvalue weighted by Crippen LogP contribution is -2.20. The highest BCUT2D eigenvalue weighted by molar-refractivity contribution is 6.34. The maximum atomic E-state index is 13.0. The van der Waals surface area contributed by atoms with Gasteiger partial charge in [-0.15, -0.1) is 0 Å². The Bertz CT molecular complexity index is 1250. The lowest BCUT2D eigenvalue weighted by molar-refractivity contribution is 0.102. The van der Waals surface area contributed by atoms with Gasteiger partial charge in [-0.3, -0.25) is 9.59 Å². The number of para-hydroxylation sites is 1. The lowest BCUT2D eigenvalue weighted by Gasteiger charge is -2.12. The van der Waals surface area contributed by atoms with Crippen molar-refractivity contribution >= 4 is 34.9 Å². The zero-order chi connectivity index (χ0) is 21.8. The molecule has 0 saturated carbocycles. The number of nitrogens with one attached hydrogen (secondary N) is 2. The van der Waals surface area contributed by atoms with Gasteiger partial charge in [0.1, 0.15) is 11.4 Å². The summed E-state index contributed by atoms with van der Waals surface area (Å²) in [5, 5.41) is 10.3. The molecule has 1 heterocycles. The number of carbonyl (C=O) groups excluding carboxylic acids is 2. The fraction of sp³-hybridized carbons (Fsp3) is 0.0417. The van der Waals surface area contributed by atoms with Gasteiger partial charge < -0.3 is 10.6 Å². The van der Waals surface area contributed by atoms with E-state index in [1.54, 1.807) is 30.3 Å². The molecule has 1 aromatic heterocycles. The van der Waals surface area contributed by atoms with E-state index >= 15 is 0 Å². The van der Waals surface area contributed by atoms with Crippen LogP contribution in [0.1, 0.15) is 26.3 Å². The van der Waals surface area contributed by atoms with Crippen molar-refractivity contribution in [3.05, 3.63) is 107 Å². The van der Waals surface area contributed by atoms with E-state index in [4.69, 9.17) is 11.6 Å². The highest BCUT2D eigenvalue weighted by Gasteiger charge is 2.22. The molecular formula is C24H19ClN4O2. The summed E-state index contributed by atoms with van der Waals surface area (Å²) < 4.78 is 1.51. The Kier molecular flexibility index (Phi) is 5.82. The SMILES string of the molecule is Cc1cccc(NC(=O)c2cnn(-c3ccccc3)c2NC(=O)c2ccccc2Cl)c1. The molecule has 7 heteroatoms. The van der Waals surface area contributed by atoms with E-state index < -0.39 is 5.91 Å². The van der Waals surface area contributed by atoms with Crippen LogP contribution in [-0.2, 0) is 0 Å². The molecule has 0 spiro atoms. The number of anilines is 2. The number of rotatable bonds is 5. The van der Waals surface area contributed by atoms with Crippen molar-refractivity contribution in [3.63, 3.8) is 0 Å². The number of benzene rings is 3. The van der Waals surface area contributed by atoms with Crippen LogP contribution in [-0.4, -0.2) is 21.6 Å². The van der Waals surface area contributed by atoms with Gasteiger partial charge in [0.25, 0.3) is 11.8 Å². The molecular weight excluding hydrogens is 412 g/mol. The van der Waals surface area contributed by atoms with E-state index in [0.717, 1.165) is 5.56 Å². The molecule has 31 heavy (non-hydrogen) atoms. The molecule has 0 aliphatic carbocycles. The smallest absolute Gasteiger partial charge is 0.261 e. The molecule has 0 unspecified atom stereocenters. The van der Waals surface area contributed by atoms with Crippen molar-refractivity contribution in [1.82, 2.24) is 9.78 Å². The second-order valence-corrected chi connectivity index (χ2v) is 7.32. The van der Waals surface area contributed by atoms with E-state index in [1.165, 1.54) is 10.9 Å². The standard InChI is InChI=1S/C24H19ClN4O2/c1-16-8-7-9-17(14-16)27-24(31)20-15-26-29(18-10-3-2-4-11-18)22(20)28-23(30)19-12-5-6-13-21(19)25/h2-15H,1H3,(H,27,31)(H,28,30). The van der Waals surface area contributed by atoms with Crippen LogP contribution < -0.4 is 10.6 Å². The minimum absolute atomic E-state index is 0.228. The Morgan fingerprint density at radius 2 is 1.55 bits per heavy atom. The summed E-state index contributed by atoms with van der Waals surface area (Å²) in [6.45, 7) is 1.94. The summed E-state index contributed by atoms with van der Waals surface area (Å²) >= 11 is 6.18. The third-order valence-corrected chi connectivity index (χ3v) is 4.97. The molecule has 4 rings (SSSR count). The van der Waals surface area contributed by atoms with Crippen molar-refractivity contribution in [2.45, 2.75) is 6.92 Å². The molecule has 0 fully saturated rings. The normalized spacial score (nSPS) is 10.5. The maximum Gasteiger partial charge on any atom is 0.261 e. The topological polar surface area (TPSA) is 76.0 Å². The number of amides is 2. The Morgan fingerprint density at radius 3 is 2.29 bits per heavy atom. The van der Waals surface area contributed by atoms with E-state index in [1.807, 2.05) is 55.5 Å². The van der Waals surface area contributed by atoms with Gasteiger partial charge in [0.2, 0.25) is 0 Å². The number of aryl methyl sites for hydroxylation is 1. The molecule has 0 saturated heterocycles. The maximum absolute atomic E-state index is 13.0. The molecule has 0 radical (unpaired) electrons. The highest BCUT2D eigenvalue weighted by Crippen LogP contribution is 2.24. The van der Waals surface area contributed by atoms with E-state index in [9.17, 15) is 9.59 Å². The van der Waals surface area contributed by atoms with Crippen LogP contribution >= 0.6 is 11.6 Å². The third kappa shape index (κ3) is 4.49. The molecule has 2 amide bonds. The van der Waals surface area contributed by atoms with Gasteiger partial charge in [0.05, 0.1) is 22.5 Å². The summed E-state index contributed by atoms with van der Waals surface area (Å²) in [5.41, 5.74) is 2.90. The first kappa shape index (κ1) is 20.4. The van der Waals surface area contributed by atoms with Crippen LogP contribution in [0.3, 0.4) is 0 Å². The second-order valence-electron chi connectivity index (χ2n) is 6.91. The van der Waals surface area contributed by atoms with Crippen molar-refractivity contribution in [2.75, 3.05) is 10.6 Å². The average molecular weight is 431 g/mol. The van der Waals surface area contributed by atoms with Crippen LogP contribution in [0.5, 0.6) is 0 Å². The minimum Gasteiger partial charge on any atom is -0.322 e. The Hall–Kier alpha value is -3.90. The monoisotopic (exact) mass is 430 g/mol. The molecule has 2 N–H and O–H groups in total. The zero-order valence-electron chi connectivity index (χ0n) is 16.7. The Morgan fingerprint density at radius 1 is 0.839 bits per heavy atom. The zero-order valence-corrected chi connectivity index (χ0v) is 17.4. The van der Waals surface area contributed by atoms with E-state index in [0.29, 0.717) is 22.0 Å². The second kappa shape index (κ2) is 8.85. The predicted octanol–water partition coefficient (Wildman–Crippen LogP) is 5.34. The summed E-state index contributed by atoms with van der Waals surface area (Å²) in [7, 11) is 0. The summed E-state index contributed by atoms with van der Waals surface area (Å²) in [6, 6.07) is 23.4. The summed E-state index contributed by atoms with van der Waals surface area (Å²) in [6.07, 6.45) is 1.43. The fourth-order valence-corrected chi connectivity index (χ4v) is 3.36. The number of aromatic nitrogens is 2. The van der Waals surface area contributed by atoms with Gasteiger partial charge in [0, 0.05) is 5.69 Å². The van der Waals surface area contributed by atoms with Gasteiger partial charge in [-0.2, -0.15) is 5.10 Å². The number of halogens is 1. The third-order valence-electron chi connectivity index (χ3n) is 4.64. The number of nitrogens with zero attached hydrogens (tertiary/aromatic N) is 2. The van der Waals surface area contributed by atoms with Crippen LogP contribution in [0, 0.1) is 6.92 Å². The predicted molar refractivity (Wildman–Crippen MR) is 122 cm³/mol. The van der Waals surface area contributed by atoms with Crippen LogP contribution in [0.2, 0.25) is 5.02 Å². The van der Waals surface area contributed by atoms with Crippen LogP contribution in [0.4, 0.5) is 11.5 Å². The molecule has 0 aliphatic rings. The molecule has 6 nitrogen and oxygen atoms in total. The van der Waals surface area contributed by atoms with Gasteiger partial charge in [0.15, 0.2) is 0 Å². The summed E-state index contributed by atoms with van der Waals surface area (Å²) in [4.78, 5) is 26.0. The first-order chi connectivity index (χ1) is 15.0. The molecule has 3 aromatic carbocycles. The van der Waals surface area contributed by atoms with Crippen molar-refractivity contribution in [2.24, 2.45) is 0 Å². The Labute approximate surface area is 184 Å². The first-order valence-electron chi connectivity index (χ1n) is 9.60. The van der Waals surface area contributed by atoms with Gasteiger partial charge in [-0.1, -0.05) is 54.1 Å². The largest absolute Gasteiger partial charge is 0.322 e. The van der Waals surface area contributed by atoms with E-state index in [-0.39, 0.29) is 17.3 Å². The fourth-order valence-electron chi connectivity index (χ4n) is 3.14. The number of carbonyl (C=O) groups is 2. The quantitative estimate of drug-likeness (QED) is 0.448. The van der Waals surface area contributed by atoms with E-state index in [2.05, 4.69) is 15.7 Å². The van der Waals surface area contributed by atoms with Crippen LogP contribution in [0.15, 0.2) is 85.1 Å². The number of hydrogen-bond donors (Lipinski definition) is 2. The van der Waals surface area contributed by atoms with Gasteiger partial charge in [-0.25, -0.2) is 4.68 Å². The van der Waals surface area contributed by atoms with Crippen molar-refractivity contribution < 1.29 is 9.59 Å². The van der Waals surface area contributed by atoms with Gasteiger partial charge in [-0.05, 0) is 48.9 Å². The highest BCUT2D eigenvalue weighted by atomic mass is 35.5. The minimum atomic E-state index is -0.437. The lowest BCUT2D eigenvalue weighted by atomic mass is 10.2. The van der Waals surface area contributed by atoms with Crippen LogP contribution in [0.25, 0.3) is 5.69 Å².